The average Bonchev–Trinajstić information content (AvgIpc) is 2.77. The van der Waals surface area contributed by atoms with E-state index in [-0.39, 0.29) is 23.9 Å². The molecule has 0 aliphatic carbocycles. The van der Waals surface area contributed by atoms with Crippen LogP contribution in [0.15, 0.2) is 23.1 Å². The fourth-order valence-corrected chi connectivity index (χ4v) is 3.62. The topological polar surface area (TPSA) is 125 Å². The van der Waals surface area contributed by atoms with Crippen molar-refractivity contribution in [3.8, 4) is 5.75 Å². The fourth-order valence-electron chi connectivity index (χ4n) is 1.94. The van der Waals surface area contributed by atoms with Crippen molar-refractivity contribution in [1.29, 1.82) is 0 Å². The van der Waals surface area contributed by atoms with E-state index in [0.29, 0.717) is 11.3 Å². The number of fused-ring (bicyclic) bond motifs is 1. The maximum atomic E-state index is 11.8. The van der Waals surface area contributed by atoms with Crippen LogP contribution in [0.4, 0.5) is 0 Å². The van der Waals surface area contributed by atoms with Gasteiger partial charge in [0, 0.05) is 12.7 Å². The third-order valence-corrected chi connectivity index (χ3v) is 5.23. The molecule has 1 atom stereocenters. The summed E-state index contributed by atoms with van der Waals surface area (Å²) in [5.41, 5.74) is 0.447. The van der Waals surface area contributed by atoms with Gasteiger partial charge in [-0.15, -0.1) is 0 Å². The number of primary sulfonamides is 1. The number of hydrogen-bond acceptors (Lipinski definition) is 6. The molecule has 10 heteroatoms. The van der Waals surface area contributed by atoms with Gasteiger partial charge in [0.05, 0.1) is 23.3 Å². The molecule has 1 heterocycles. The second kappa shape index (κ2) is 5.89. The number of rotatable bonds is 6. The first kappa shape index (κ1) is 16.2. The first-order valence-electron chi connectivity index (χ1n) is 6.01. The van der Waals surface area contributed by atoms with E-state index in [1.165, 1.54) is 25.3 Å². The van der Waals surface area contributed by atoms with Gasteiger partial charge in [-0.25, -0.2) is 26.7 Å². The van der Waals surface area contributed by atoms with Gasteiger partial charge in [-0.2, -0.15) is 0 Å². The first-order chi connectivity index (χ1) is 9.73. The summed E-state index contributed by atoms with van der Waals surface area (Å²) in [6.07, 6.45) is 0. The van der Waals surface area contributed by atoms with Crippen LogP contribution in [0.25, 0.3) is 0 Å². The molecule has 0 amide bonds. The Labute approximate surface area is 123 Å². The van der Waals surface area contributed by atoms with Gasteiger partial charge in [0.2, 0.25) is 20.0 Å². The molecule has 0 fully saturated rings. The zero-order chi connectivity index (χ0) is 15.7. The van der Waals surface area contributed by atoms with Crippen molar-refractivity contribution in [3.63, 3.8) is 0 Å². The monoisotopic (exact) mass is 336 g/mol. The van der Waals surface area contributed by atoms with E-state index < -0.39 is 26.1 Å². The Bertz CT molecular complexity index is 729. The number of methoxy groups -OCH3 is 1. The highest BCUT2D eigenvalue weighted by atomic mass is 32.2. The number of hydrogen-bond donors (Lipinski definition) is 2. The van der Waals surface area contributed by atoms with Crippen molar-refractivity contribution < 1.29 is 26.3 Å². The summed E-state index contributed by atoms with van der Waals surface area (Å²) < 4.78 is 58.9. The molecule has 8 nitrogen and oxygen atoms in total. The highest BCUT2D eigenvalue weighted by Gasteiger charge is 2.29. The normalized spacial score (nSPS) is 18.3. The molecule has 0 saturated heterocycles. The second-order valence-corrected chi connectivity index (χ2v) is 7.97. The molecule has 118 valence electrons. The Morgan fingerprint density at radius 1 is 1.38 bits per heavy atom. The van der Waals surface area contributed by atoms with E-state index in [1.807, 2.05) is 0 Å². The fraction of sp³-hybridized carbons (Fsp3) is 0.455. The van der Waals surface area contributed by atoms with Crippen LogP contribution in [0.3, 0.4) is 0 Å². The van der Waals surface area contributed by atoms with E-state index in [2.05, 4.69) is 4.72 Å². The lowest BCUT2D eigenvalue weighted by molar-refractivity contribution is 0.216. The van der Waals surface area contributed by atoms with Crippen molar-refractivity contribution in [1.82, 2.24) is 4.72 Å². The summed E-state index contributed by atoms with van der Waals surface area (Å²) in [4.78, 5) is -0.0900. The van der Waals surface area contributed by atoms with Crippen LogP contribution in [0, 0.1) is 0 Å². The van der Waals surface area contributed by atoms with Gasteiger partial charge < -0.3 is 9.47 Å². The van der Waals surface area contributed by atoms with Crippen LogP contribution in [0.5, 0.6) is 5.75 Å². The molecule has 0 spiro atoms. The minimum Gasteiger partial charge on any atom is -0.491 e. The van der Waals surface area contributed by atoms with Gasteiger partial charge in [0.15, 0.2) is 0 Å². The van der Waals surface area contributed by atoms with Gasteiger partial charge in [-0.1, -0.05) is 0 Å². The Hall–Kier alpha value is -1.20. The molecule has 0 radical (unpaired) electrons. The number of nitrogens with two attached hydrogens (primary N) is 1. The van der Waals surface area contributed by atoms with Gasteiger partial charge in [-0.3, -0.25) is 0 Å². The summed E-state index contributed by atoms with van der Waals surface area (Å²) in [5, 5.41) is 5.07. The lowest BCUT2D eigenvalue weighted by Gasteiger charge is -2.12. The number of benzene rings is 1. The third kappa shape index (κ3) is 3.92. The molecule has 0 aromatic heterocycles. The standard InChI is InChI=1S/C11H16N2O6S2/c1-18-4-5-20(14,15)13-10-7-19-11-3-2-8(6-9(10)11)21(12,16)17/h2-3,6,10,13H,4-5,7H2,1H3,(H2,12,16,17). The zero-order valence-corrected chi connectivity index (χ0v) is 12.9. The Kier molecular flexibility index (Phi) is 4.54. The van der Waals surface area contributed by atoms with Crippen LogP contribution in [-0.2, 0) is 24.8 Å². The SMILES string of the molecule is COCCS(=O)(=O)NC1COc2ccc(S(N)(=O)=O)cc21. The second-order valence-electron chi connectivity index (χ2n) is 4.54. The molecular weight excluding hydrogens is 320 g/mol. The summed E-state index contributed by atoms with van der Waals surface area (Å²) in [7, 11) is -6.01. The third-order valence-electron chi connectivity index (χ3n) is 2.97. The molecule has 1 aliphatic rings. The molecule has 2 rings (SSSR count). The van der Waals surface area contributed by atoms with Crippen molar-refractivity contribution >= 4 is 20.0 Å². The summed E-state index contributed by atoms with van der Waals surface area (Å²) in [6, 6.07) is 3.44. The van der Waals surface area contributed by atoms with E-state index in [1.54, 1.807) is 0 Å². The maximum Gasteiger partial charge on any atom is 0.238 e. The largest absolute Gasteiger partial charge is 0.491 e. The molecule has 3 N–H and O–H groups in total. The summed E-state index contributed by atoms with van der Waals surface area (Å²) >= 11 is 0. The average molecular weight is 336 g/mol. The molecule has 0 saturated carbocycles. The molecule has 1 aromatic carbocycles. The van der Waals surface area contributed by atoms with Gasteiger partial charge in [0.1, 0.15) is 12.4 Å². The van der Waals surface area contributed by atoms with Gasteiger partial charge in [0.25, 0.3) is 0 Å². The maximum absolute atomic E-state index is 11.8. The zero-order valence-electron chi connectivity index (χ0n) is 11.3. The number of sulfonamides is 2. The lowest BCUT2D eigenvalue weighted by atomic mass is 10.1. The summed E-state index contributed by atoms with van der Waals surface area (Å²) in [6.45, 7) is 0.155. The minimum atomic E-state index is -3.86. The van der Waals surface area contributed by atoms with Crippen LogP contribution < -0.4 is 14.6 Å². The van der Waals surface area contributed by atoms with E-state index in [9.17, 15) is 16.8 Å². The summed E-state index contributed by atoms with van der Waals surface area (Å²) in [5.74, 6) is 0.242. The molecule has 21 heavy (non-hydrogen) atoms. The van der Waals surface area contributed by atoms with Crippen LogP contribution >= 0.6 is 0 Å². The van der Waals surface area contributed by atoms with Crippen LogP contribution in [-0.4, -0.2) is 42.9 Å². The Morgan fingerprint density at radius 2 is 2.10 bits per heavy atom. The number of nitrogens with one attached hydrogen (secondary N) is 1. The van der Waals surface area contributed by atoms with Crippen LogP contribution in [0.1, 0.15) is 11.6 Å². The van der Waals surface area contributed by atoms with Crippen molar-refractivity contribution in [2.45, 2.75) is 10.9 Å². The van der Waals surface area contributed by atoms with E-state index in [0.717, 1.165) is 0 Å². The Morgan fingerprint density at radius 3 is 2.71 bits per heavy atom. The van der Waals surface area contributed by atoms with Gasteiger partial charge >= 0.3 is 0 Å². The lowest BCUT2D eigenvalue weighted by Crippen LogP contribution is -2.32. The molecule has 1 unspecified atom stereocenters. The quantitative estimate of drug-likeness (QED) is 0.710. The predicted octanol–water partition coefficient (Wildman–Crippen LogP) is -0.667. The Balaban J connectivity index is 2.25. The molecular formula is C11H16N2O6S2. The first-order valence-corrected chi connectivity index (χ1v) is 9.21. The van der Waals surface area contributed by atoms with Crippen molar-refractivity contribution in [2.75, 3.05) is 26.1 Å². The minimum absolute atomic E-state index is 0.0625. The van der Waals surface area contributed by atoms with E-state index in [4.69, 9.17) is 14.6 Å². The van der Waals surface area contributed by atoms with Crippen molar-refractivity contribution in [2.24, 2.45) is 5.14 Å². The van der Waals surface area contributed by atoms with E-state index >= 15 is 0 Å². The van der Waals surface area contributed by atoms with Crippen LogP contribution in [0.2, 0.25) is 0 Å². The highest BCUT2D eigenvalue weighted by molar-refractivity contribution is 7.89. The number of ether oxygens (including phenoxy) is 2. The highest BCUT2D eigenvalue weighted by Crippen LogP contribution is 2.34. The van der Waals surface area contributed by atoms with Gasteiger partial charge in [-0.05, 0) is 18.2 Å². The van der Waals surface area contributed by atoms with Crippen molar-refractivity contribution in [3.05, 3.63) is 23.8 Å². The molecule has 1 aliphatic heterocycles. The smallest absolute Gasteiger partial charge is 0.238 e. The molecule has 1 aromatic rings. The predicted molar refractivity (Wildman–Crippen MR) is 74.8 cm³/mol. The molecule has 0 bridgehead atoms.